The third kappa shape index (κ3) is 4.45. The molecule has 0 saturated carbocycles. The van der Waals surface area contributed by atoms with Crippen LogP contribution in [0.3, 0.4) is 0 Å². The molecule has 1 N–H and O–H groups in total. The Kier molecular flexibility index (Phi) is 6.20. The largest absolute Gasteiger partial charge is 0.345 e. The molecule has 1 fully saturated rings. The fraction of sp³-hybridized carbons (Fsp3) is 0.409. The molecular weight excluding hydrogens is 372 g/mol. The van der Waals surface area contributed by atoms with Gasteiger partial charge in [0.25, 0.3) is 5.91 Å². The van der Waals surface area contributed by atoms with Crippen LogP contribution in [0.5, 0.6) is 0 Å². The first-order valence-electron chi connectivity index (χ1n) is 9.77. The van der Waals surface area contributed by atoms with Gasteiger partial charge in [-0.2, -0.15) is 4.31 Å². The number of benzene rings is 2. The van der Waals surface area contributed by atoms with Gasteiger partial charge in [0.2, 0.25) is 10.0 Å². The average molecular weight is 401 g/mol. The van der Waals surface area contributed by atoms with Crippen LogP contribution in [0.2, 0.25) is 0 Å². The molecule has 150 valence electrons. The Hall–Kier alpha value is -2.18. The lowest BCUT2D eigenvalue weighted by atomic mass is 10.0. The van der Waals surface area contributed by atoms with Gasteiger partial charge < -0.3 is 5.32 Å². The van der Waals surface area contributed by atoms with E-state index in [9.17, 15) is 13.2 Å². The summed E-state index contributed by atoms with van der Waals surface area (Å²) in [4.78, 5) is 13.0. The van der Waals surface area contributed by atoms with Gasteiger partial charge in [-0.05, 0) is 51.3 Å². The first-order chi connectivity index (χ1) is 13.3. The Bertz CT molecular complexity index is 943. The van der Waals surface area contributed by atoms with Gasteiger partial charge in [0.1, 0.15) is 0 Å². The molecule has 0 spiro atoms. The predicted molar refractivity (Wildman–Crippen MR) is 111 cm³/mol. The second-order valence-corrected chi connectivity index (χ2v) is 9.48. The van der Waals surface area contributed by atoms with Crippen LogP contribution in [0.1, 0.15) is 59.3 Å². The van der Waals surface area contributed by atoms with Gasteiger partial charge in [0.15, 0.2) is 0 Å². The highest BCUT2D eigenvalue weighted by Gasteiger charge is 2.30. The van der Waals surface area contributed by atoms with Crippen molar-refractivity contribution in [2.24, 2.45) is 0 Å². The molecule has 3 rings (SSSR count). The summed E-state index contributed by atoms with van der Waals surface area (Å²) in [6.45, 7) is 6.97. The smallest absolute Gasteiger partial charge is 0.253 e. The van der Waals surface area contributed by atoms with Gasteiger partial charge in [0.05, 0.1) is 16.5 Å². The number of carbonyl (C=O) groups excluding carboxylic acids is 1. The Balaban J connectivity index is 1.86. The molecule has 0 radical (unpaired) electrons. The van der Waals surface area contributed by atoms with E-state index < -0.39 is 10.0 Å². The number of rotatable bonds is 5. The number of hydrogen-bond acceptors (Lipinski definition) is 3. The maximum Gasteiger partial charge on any atom is 0.253 e. The van der Waals surface area contributed by atoms with Crippen LogP contribution < -0.4 is 5.32 Å². The van der Waals surface area contributed by atoms with Crippen LogP contribution in [-0.2, 0) is 10.0 Å². The van der Waals surface area contributed by atoms with E-state index in [2.05, 4.69) is 11.4 Å². The van der Waals surface area contributed by atoms with E-state index in [4.69, 9.17) is 0 Å². The zero-order chi connectivity index (χ0) is 20.3. The van der Waals surface area contributed by atoms with Crippen molar-refractivity contribution < 1.29 is 13.2 Å². The van der Waals surface area contributed by atoms with Gasteiger partial charge in [-0.15, -0.1) is 0 Å². The van der Waals surface area contributed by atoms with Crippen LogP contribution in [0.25, 0.3) is 0 Å². The highest BCUT2D eigenvalue weighted by Crippen LogP contribution is 2.24. The Labute approximate surface area is 167 Å². The number of nitrogens with zero attached hydrogens (tertiary/aromatic N) is 1. The Morgan fingerprint density at radius 3 is 2.25 bits per heavy atom. The van der Waals surface area contributed by atoms with E-state index in [1.807, 2.05) is 32.9 Å². The highest BCUT2D eigenvalue weighted by atomic mass is 32.2. The molecule has 1 aliphatic heterocycles. The summed E-state index contributed by atoms with van der Waals surface area (Å²) in [5.41, 5.74) is 3.46. The molecule has 1 saturated heterocycles. The van der Waals surface area contributed by atoms with Gasteiger partial charge in [0, 0.05) is 13.1 Å². The summed E-state index contributed by atoms with van der Waals surface area (Å²) in [6.07, 6.45) is 2.76. The monoisotopic (exact) mass is 400 g/mol. The third-order valence-electron chi connectivity index (χ3n) is 5.16. The highest BCUT2D eigenvalue weighted by molar-refractivity contribution is 7.89. The van der Waals surface area contributed by atoms with Crippen LogP contribution in [0, 0.1) is 13.8 Å². The molecule has 0 bridgehead atoms. The van der Waals surface area contributed by atoms with Crippen molar-refractivity contribution in [3.8, 4) is 0 Å². The fourth-order valence-corrected chi connectivity index (χ4v) is 5.45. The molecule has 1 amide bonds. The van der Waals surface area contributed by atoms with E-state index in [1.54, 1.807) is 18.2 Å². The van der Waals surface area contributed by atoms with E-state index in [1.165, 1.54) is 10.4 Å². The van der Waals surface area contributed by atoms with Crippen LogP contribution >= 0.6 is 0 Å². The third-order valence-corrected chi connectivity index (χ3v) is 7.11. The molecule has 1 heterocycles. The summed E-state index contributed by atoms with van der Waals surface area (Å²) in [6, 6.07) is 12.4. The van der Waals surface area contributed by atoms with Crippen LogP contribution in [-0.4, -0.2) is 31.7 Å². The number of piperidine rings is 1. The lowest BCUT2D eigenvalue weighted by Crippen LogP contribution is -2.37. The SMILES string of the molecule is Cc1cc(C)cc(C(C)NC(=O)c2ccccc2S(=O)(=O)N2CCCCC2)c1. The fourth-order valence-electron chi connectivity index (χ4n) is 3.74. The van der Waals surface area contributed by atoms with Crippen molar-refractivity contribution in [2.45, 2.75) is 51.0 Å². The molecule has 0 aliphatic carbocycles. The molecule has 5 nitrogen and oxygen atoms in total. The minimum atomic E-state index is -3.68. The van der Waals surface area contributed by atoms with Crippen molar-refractivity contribution in [2.75, 3.05) is 13.1 Å². The zero-order valence-corrected chi connectivity index (χ0v) is 17.6. The summed E-state index contributed by atoms with van der Waals surface area (Å²) in [7, 11) is -3.68. The number of carbonyl (C=O) groups is 1. The maximum absolute atomic E-state index is 13.1. The van der Waals surface area contributed by atoms with E-state index >= 15 is 0 Å². The number of sulfonamides is 1. The first-order valence-corrected chi connectivity index (χ1v) is 11.2. The summed E-state index contributed by atoms with van der Waals surface area (Å²) >= 11 is 0. The molecule has 2 aromatic rings. The van der Waals surface area contributed by atoms with Crippen molar-refractivity contribution in [1.29, 1.82) is 0 Å². The molecule has 1 atom stereocenters. The average Bonchev–Trinajstić information content (AvgIpc) is 2.68. The Morgan fingerprint density at radius 1 is 1.00 bits per heavy atom. The lowest BCUT2D eigenvalue weighted by molar-refractivity contribution is 0.0936. The molecule has 28 heavy (non-hydrogen) atoms. The van der Waals surface area contributed by atoms with Crippen LogP contribution in [0.15, 0.2) is 47.4 Å². The van der Waals surface area contributed by atoms with Crippen molar-refractivity contribution in [3.63, 3.8) is 0 Å². The summed E-state index contributed by atoms with van der Waals surface area (Å²) in [5, 5.41) is 2.96. The number of amides is 1. The number of nitrogens with one attached hydrogen (secondary N) is 1. The molecule has 0 aromatic heterocycles. The Morgan fingerprint density at radius 2 is 1.61 bits per heavy atom. The van der Waals surface area contributed by atoms with Gasteiger partial charge in [-0.25, -0.2) is 8.42 Å². The van der Waals surface area contributed by atoms with E-state index in [0.29, 0.717) is 13.1 Å². The van der Waals surface area contributed by atoms with E-state index in [0.717, 1.165) is 36.0 Å². The second-order valence-electron chi connectivity index (χ2n) is 7.58. The van der Waals surface area contributed by atoms with Gasteiger partial charge >= 0.3 is 0 Å². The quantitative estimate of drug-likeness (QED) is 0.826. The van der Waals surface area contributed by atoms with Gasteiger partial charge in [-0.1, -0.05) is 47.9 Å². The minimum Gasteiger partial charge on any atom is -0.345 e. The molecule has 6 heteroatoms. The molecule has 1 unspecified atom stereocenters. The molecular formula is C22H28N2O3S. The summed E-state index contributed by atoms with van der Waals surface area (Å²) in [5.74, 6) is -0.372. The normalized spacial score (nSPS) is 16.5. The molecule has 1 aliphatic rings. The standard InChI is InChI=1S/C22H28N2O3S/c1-16-13-17(2)15-19(14-16)18(3)23-22(25)20-9-5-6-10-21(20)28(26,27)24-11-7-4-8-12-24/h5-6,9-10,13-15,18H,4,7-8,11-12H2,1-3H3,(H,23,25). The van der Waals surface area contributed by atoms with Gasteiger partial charge in [-0.3, -0.25) is 4.79 Å². The number of aryl methyl sites for hydroxylation is 2. The minimum absolute atomic E-state index is 0.0852. The number of hydrogen-bond donors (Lipinski definition) is 1. The van der Waals surface area contributed by atoms with Crippen molar-refractivity contribution >= 4 is 15.9 Å². The van der Waals surface area contributed by atoms with Crippen molar-refractivity contribution in [3.05, 3.63) is 64.7 Å². The van der Waals surface area contributed by atoms with Crippen molar-refractivity contribution in [1.82, 2.24) is 9.62 Å². The molecule has 2 aromatic carbocycles. The zero-order valence-electron chi connectivity index (χ0n) is 16.7. The summed E-state index contributed by atoms with van der Waals surface area (Å²) < 4.78 is 27.7. The maximum atomic E-state index is 13.1. The topological polar surface area (TPSA) is 66.5 Å². The van der Waals surface area contributed by atoms with Crippen LogP contribution in [0.4, 0.5) is 0 Å². The van der Waals surface area contributed by atoms with E-state index in [-0.39, 0.29) is 22.4 Å². The lowest BCUT2D eigenvalue weighted by Gasteiger charge is -2.27. The predicted octanol–water partition coefficient (Wildman–Crippen LogP) is 3.97. The second kappa shape index (κ2) is 8.45. The first kappa shape index (κ1) is 20.6.